The number of primary amides is 1. The maximum atomic E-state index is 12.8. The van der Waals surface area contributed by atoms with Gasteiger partial charge >= 0.3 is 6.03 Å². The monoisotopic (exact) mass is 593 g/mol. The molecule has 0 saturated heterocycles. The highest BCUT2D eigenvalue weighted by Crippen LogP contribution is 2.35. The molecule has 0 saturated carbocycles. The van der Waals surface area contributed by atoms with E-state index in [1.54, 1.807) is 6.07 Å². The Hall–Kier alpha value is -5.05. The smallest absolute Gasteiger partial charge is 0.340 e. The van der Waals surface area contributed by atoms with Crippen LogP contribution < -0.4 is 21.1 Å². The van der Waals surface area contributed by atoms with Crippen LogP contribution in [0.25, 0.3) is 11.1 Å². The number of nitrogens with two attached hydrogens (primary N) is 2. The summed E-state index contributed by atoms with van der Waals surface area (Å²) in [5.74, 6) is 1.38. The number of benzene rings is 3. The number of carbonyl (C=O) groups is 3. The van der Waals surface area contributed by atoms with Crippen LogP contribution >= 0.6 is 0 Å². The molecule has 9 nitrogen and oxygen atoms in total. The Kier molecular flexibility index (Phi) is 9.78. The van der Waals surface area contributed by atoms with Crippen LogP contribution in [0.5, 0.6) is 5.75 Å². The van der Waals surface area contributed by atoms with Gasteiger partial charge in [-0.1, -0.05) is 61.9 Å². The molecule has 4 rings (SSSR count). The minimum atomic E-state index is -0.857. The minimum absolute atomic E-state index is 0.0463. The van der Waals surface area contributed by atoms with Crippen molar-refractivity contribution in [2.75, 3.05) is 11.9 Å². The third kappa shape index (κ3) is 7.47. The molecule has 0 bridgehead atoms. The highest BCUT2D eigenvalue weighted by Gasteiger charge is 2.32. The Balaban J connectivity index is 1.59. The van der Waals surface area contributed by atoms with E-state index >= 15 is 0 Å². The molecule has 0 aromatic heterocycles. The van der Waals surface area contributed by atoms with Crippen molar-refractivity contribution in [2.24, 2.45) is 21.5 Å². The lowest BCUT2D eigenvalue weighted by atomic mass is 9.93. The molecule has 0 spiro atoms. The Bertz CT molecular complexity index is 1670. The largest absolute Gasteiger partial charge is 0.487 e. The zero-order chi connectivity index (χ0) is 32.0. The van der Waals surface area contributed by atoms with E-state index in [0.29, 0.717) is 47.5 Å². The average molecular weight is 594 g/mol. The Morgan fingerprint density at radius 1 is 1.02 bits per heavy atom. The average Bonchev–Trinajstić information content (AvgIpc) is 2.98. The molecule has 1 heterocycles. The molecule has 0 unspecified atom stereocenters. The van der Waals surface area contributed by atoms with Gasteiger partial charge in [0.05, 0.1) is 12.0 Å². The maximum Gasteiger partial charge on any atom is 0.340 e. The van der Waals surface area contributed by atoms with Gasteiger partial charge in [0.2, 0.25) is 0 Å². The van der Waals surface area contributed by atoms with Crippen molar-refractivity contribution in [1.29, 1.82) is 0 Å². The second kappa shape index (κ2) is 13.5. The maximum absolute atomic E-state index is 12.8. The first-order valence-corrected chi connectivity index (χ1v) is 14.6. The van der Waals surface area contributed by atoms with Crippen LogP contribution in [0.2, 0.25) is 0 Å². The first-order chi connectivity index (χ1) is 20.9. The highest BCUT2D eigenvalue weighted by atomic mass is 16.5. The second-order valence-electron chi connectivity index (χ2n) is 11.5. The lowest BCUT2D eigenvalue weighted by Crippen LogP contribution is -2.36. The topological polar surface area (TPSA) is 140 Å². The van der Waals surface area contributed by atoms with Gasteiger partial charge in [-0.15, -0.1) is 0 Å². The molecule has 44 heavy (non-hydrogen) atoms. The SMILES string of the molecule is CCC/C(N=C(C)N(C)c1ccc2c(c1)C(=O)CC(C)(C)O2)=C(/C=O)Cc1ccc(-c2ccccc2/C(N)=N/C(N)=O)cc1. The summed E-state index contributed by atoms with van der Waals surface area (Å²) in [5, 5.41) is 0. The number of nitrogens with zero attached hydrogens (tertiary/aromatic N) is 3. The van der Waals surface area contributed by atoms with Crippen molar-refractivity contribution in [2.45, 2.75) is 59.0 Å². The summed E-state index contributed by atoms with van der Waals surface area (Å²) in [4.78, 5) is 46.9. The summed E-state index contributed by atoms with van der Waals surface area (Å²) in [6, 6.07) is 19.9. The first kappa shape index (κ1) is 31.9. The lowest BCUT2D eigenvalue weighted by Gasteiger charge is -2.32. The minimum Gasteiger partial charge on any atom is -0.487 e. The number of hydrogen-bond acceptors (Lipinski definition) is 5. The quantitative estimate of drug-likeness (QED) is 0.130. The van der Waals surface area contributed by atoms with Gasteiger partial charge in [-0.2, -0.15) is 4.99 Å². The number of aliphatic imine (C=N–C) groups is 2. The number of ketones is 1. The van der Waals surface area contributed by atoms with Crippen LogP contribution in [0, 0.1) is 0 Å². The number of carbonyl (C=O) groups excluding carboxylic acids is 3. The number of hydrogen-bond donors (Lipinski definition) is 2. The fourth-order valence-electron chi connectivity index (χ4n) is 5.20. The molecule has 228 valence electrons. The van der Waals surface area contributed by atoms with Gasteiger partial charge in [0.25, 0.3) is 0 Å². The molecule has 2 amide bonds. The molecule has 0 radical (unpaired) electrons. The van der Waals surface area contributed by atoms with E-state index in [1.165, 1.54) is 0 Å². The number of ether oxygens (including phenoxy) is 1. The molecule has 9 heteroatoms. The van der Waals surface area contributed by atoms with Gasteiger partial charge < -0.3 is 21.1 Å². The summed E-state index contributed by atoms with van der Waals surface area (Å²) >= 11 is 0. The van der Waals surface area contributed by atoms with E-state index in [4.69, 9.17) is 21.2 Å². The molecule has 0 atom stereocenters. The number of aldehydes is 1. The van der Waals surface area contributed by atoms with Gasteiger partial charge in [0.15, 0.2) is 5.78 Å². The number of amidine groups is 2. The summed E-state index contributed by atoms with van der Waals surface area (Å²) < 4.78 is 6.00. The predicted octanol–water partition coefficient (Wildman–Crippen LogP) is 6.23. The number of anilines is 1. The van der Waals surface area contributed by atoms with Crippen LogP contribution in [0.3, 0.4) is 0 Å². The van der Waals surface area contributed by atoms with Crippen molar-refractivity contribution in [3.8, 4) is 16.9 Å². The Labute approximate surface area is 258 Å². The van der Waals surface area contributed by atoms with Crippen molar-refractivity contribution in [3.63, 3.8) is 0 Å². The van der Waals surface area contributed by atoms with E-state index in [-0.39, 0.29) is 11.6 Å². The van der Waals surface area contributed by atoms with Crippen LogP contribution in [-0.4, -0.2) is 42.4 Å². The molecule has 1 aliphatic heterocycles. The number of urea groups is 1. The molecule has 1 aliphatic rings. The van der Waals surface area contributed by atoms with Crippen LogP contribution in [-0.2, 0) is 11.2 Å². The van der Waals surface area contributed by atoms with Crippen molar-refractivity contribution >= 4 is 35.5 Å². The Morgan fingerprint density at radius 3 is 2.39 bits per heavy atom. The third-order valence-electron chi connectivity index (χ3n) is 7.50. The molecular weight excluding hydrogens is 554 g/mol. The van der Waals surface area contributed by atoms with Gasteiger partial charge in [0.1, 0.15) is 29.3 Å². The molecule has 4 N–H and O–H groups in total. The van der Waals surface area contributed by atoms with E-state index in [1.807, 2.05) is 100 Å². The summed E-state index contributed by atoms with van der Waals surface area (Å²) in [6.45, 7) is 7.75. The van der Waals surface area contributed by atoms with Gasteiger partial charge in [-0.3, -0.25) is 9.59 Å². The van der Waals surface area contributed by atoms with Gasteiger partial charge in [-0.25, -0.2) is 9.79 Å². The van der Waals surface area contributed by atoms with Crippen LogP contribution in [0.1, 0.15) is 68.4 Å². The first-order valence-electron chi connectivity index (χ1n) is 14.6. The summed E-state index contributed by atoms with van der Waals surface area (Å²) in [5.41, 5.74) is 16.6. The number of rotatable bonds is 9. The fourth-order valence-corrected chi connectivity index (χ4v) is 5.20. The fraction of sp³-hybridized carbons (Fsp3) is 0.286. The van der Waals surface area contributed by atoms with E-state index in [9.17, 15) is 14.4 Å². The van der Waals surface area contributed by atoms with Crippen molar-refractivity contribution < 1.29 is 19.1 Å². The molecule has 0 fully saturated rings. The second-order valence-corrected chi connectivity index (χ2v) is 11.5. The van der Waals surface area contributed by atoms with Gasteiger partial charge in [-0.05, 0) is 62.1 Å². The molecule has 3 aromatic carbocycles. The van der Waals surface area contributed by atoms with Gasteiger partial charge in [0, 0.05) is 36.0 Å². The number of allylic oxidation sites excluding steroid dienone is 2. The zero-order valence-electron chi connectivity index (χ0n) is 25.9. The molecular formula is C35H39N5O4. The summed E-state index contributed by atoms with van der Waals surface area (Å²) in [7, 11) is 1.89. The van der Waals surface area contributed by atoms with Crippen LogP contribution in [0.15, 0.2) is 88.0 Å². The number of fused-ring (bicyclic) bond motifs is 1. The standard InChI is InChI=1S/C35H39N5O4/c1-6-9-30(38-22(2)40(5)26-16-17-32-29(19-26)31(42)20-35(3,4)44-32)25(21-41)18-23-12-14-24(15-13-23)27-10-7-8-11-28(27)33(36)39-34(37)43/h7-8,10-17,19,21H,6,9,18,20H2,1-5H3,(H4,36,37,39,43)/b30-25-,38-22?. The molecule has 0 aliphatic carbocycles. The third-order valence-corrected chi connectivity index (χ3v) is 7.50. The van der Waals surface area contributed by atoms with E-state index in [0.717, 1.165) is 40.8 Å². The number of amides is 2. The number of Topliss-reactive ketones (excluding diaryl/α,β-unsaturated/α-hetero) is 1. The Morgan fingerprint density at radius 2 is 1.73 bits per heavy atom. The summed E-state index contributed by atoms with van der Waals surface area (Å²) in [6.07, 6.45) is 3.06. The van der Waals surface area contributed by atoms with Crippen molar-refractivity contribution in [3.05, 3.63) is 94.7 Å². The van der Waals surface area contributed by atoms with Crippen molar-refractivity contribution in [1.82, 2.24) is 0 Å². The molecule has 3 aromatic rings. The normalized spacial score (nSPS) is 15.2. The van der Waals surface area contributed by atoms with Crippen LogP contribution in [0.4, 0.5) is 10.5 Å². The highest BCUT2D eigenvalue weighted by molar-refractivity contribution is 6.07. The van der Waals surface area contributed by atoms with E-state index < -0.39 is 11.6 Å². The lowest BCUT2D eigenvalue weighted by molar-refractivity contribution is -0.105. The predicted molar refractivity (Wildman–Crippen MR) is 175 cm³/mol. The van der Waals surface area contributed by atoms with E-state index in [2.05, 4.69) is 4.99 Å². The zero-order valence-corrected chi connectivity index (χ0v) is 25.9.